The highest BCUT2D eigenvalue weighted by Crippen LogP contribution is 2.19. The Morgan fingerprint density at radius 2 is 1.94 bits per heavy atom. The summed E-state index contributed by atoms with van der Waals surface area (Å²) < 4.78 is 14.1. The highest BCUT2D eigenvalue weighted by molar-refractivity contribution is 6.41. The molecule has 0 unspecified atom stereocenters. The fraction of sp³-hybridized carbons (Fsp3) is 0.0909. The van der Waals surface area contributed by atoms with E-state index in [2.05, 4.69) is 5.10 Å². The first kappa shape index (κ1) is 13.3. The minimum atomic E-state index is -0.551. The van der Waals surface area contributed by atoms with Crippen LogP contribution in [0.1, 0.15) is 5.56 Å². The van der Waals surface area contributed by atoms with Gasteiger partial charge >= 0.3 is 0 Å². The molecular weight excluding hydrogens is 301 g/mol. The van der Waals surface area contributed by atoms with E-state index in [9.17, 15) is 9.18 Å². The number of hydrogen-bond acceptors (Lipinski definition) is 2. The Balaban J connectivity index is 2.44. The standard InChI is InChI=1S/C11H6Cl3FN2O/c12-8-2-1-7(15)3-6(8)5-17-11(18)10(14)9(13)4-16-17/h1-4H,5H2. The molecule has 0 fully saturated rings. The van der Waals surface area contributed by atoms with Gasteiger partial charge in [0.2, 0.25) is 0 Å². The van der Waals surface area contributed by atoms with Crippen molar-refractivity contribution in [1.82, 2.24) is 9.78 Å². The first-order valence-corrected chi connectivity index (χ1v) is 5.97. The molecule has 0 aliphatic carbocycles. The van der Waals surface area contributed by atoms with Gasteiger partial charge in [0.15, 0.2) is 0 Å². The fourth-order valence-electron chi connectivity index (χ4n) is 1.38. The summed E-state index contributed by atoms with van der Waals surface area (Å²) in [6, 6.07) is 3.88. The minimum Gasteiger partial charge on any atom is -0.266 e. The van der Waals surface area contributed by atoms with Gasteiger partial charge in [-0.3, -0.25) is 4.79 Å². The van der Waals surface area contributed by atoms with Crippen LogP contribution in [0.5, 0.6) is 0 Å². The highest BCUT2D eigenvalue weighted by Gasteiger charge is 2.10. The minimum absolute atomic E-state index is 0.0202. The Labute approximate surface area is 117 Å². The van der Waals surface area contributed by atoms with Gasteiger partial charge in [0, 0.05) is 5.02 Å². The summed E-state index contributed by atoms with van der Waals surface area (Å²) in [6.45, 7) is 0.0202. The molecule has 0 amide bonds. The zero-order valence-electron chi connectivity index (χ0n) is 8.83. The van der Waals surface area contributed by atoms with Crippen LogP contribution in [0.15, 0.2) is 29.2 Å². The van der Waals surface area contributed by atoms with Gasteiger partial charge in [-0.05, 0) is 23.8 Å². The molecule has 0 N–H and O–H groups in total. The number of aromatic nitrogens is 2. The second kappa shape index (κ2) is 5.26. The monoisotopic (exact) mass is 306 g/mol. The third-order valence-corrected chi connectivity index (χ3v) is 3.39. The fourth-order valence-corrected chi connectivity index (χ4v) is 1.83. The predicted octanol–water partition coefficient (Wildman–Crippen LogP) is 3.39. The van der Waals surface area contributed by atoms with Crippen LogP contribution in [0.3, 0.4) is 0 Å². The largest absolute Gasteiger partial charge is 0.287 e. The average Bonchev–Trinajstić information content (AvgIpc) is 2.34. The van der Waals surface area contributed by atoms with Gasteiger partial charge in [-0.25, -0.2) is 9.07 Å². The summed E-state index contributed by atoms with van der Waals surface area (Å²) in [6.07, 6.45) is 1.25. The number of rotatable bonds is 2. The second-order valence-electron chi connectivity index (χ2n) is 3.51. The molecule has 0 radical (unpaired) electrons. The van der Waals surface area contributed by atoms with Crippen LogP contribution in [0.4, 0.5) is 4.39 Å². The summed E-state index contributed by atoms with van der Waals surface area (Å²) in [7, 11) is 0. The Bertz CT molecular complexity index is 657. The number of nitrogens with zero attached hydrogens (tertiary/aromatic N) is 2. The van der Waals surface area contributed by atoms with E-state index in [0.717, 1.165) is 4.68 Å². The van der Waals surface area contributed by atoms with Gasteiger partial charge in [0.1, 0.15) is 10.8 Å². The molecular formula is C11H6Cl3FN2O. The molecule has 0 atom stereocenters. The third kappa shape index (κ3) is 2.66. The van der Waals surface area contributed by atoms with Crippen LogP contribution >= 0.6 is 34.8 Å². The van der Waals surface area contributed by atoms with Crippen LogP contribution < -0.4 is 5.56 Å². The number of benzene rings is 1. The van der Waals surface area contributed by atoms with Crippen molar-refractivity contribution in [2.75, 3.05) is 0 Å². The molecule has 3 nitrogen and oxygen atoms in total. The van der Waals surface area contributed by atoms with Gasteiger partial charge in [0.05, 0.1) is 17.8 Å². The van der Waals surface area contributed by atoms with E-state index >= 15 is 0 Å². The zero-order valence-corrected chi connectivity index (χ0v) is 11.1. The van der Waals surface area contributed by atoms with Crippen LogP contribution in [0.2, 0.25) is 15.1 Å². The second-order valence-corrected chi connectivity index (χ2v) is 4.70. The molecule has 2 rings (SSSR count). The topological polar surface area (TPSA) is 34.9 Å². The summed E-state index contributed by atoms with van der Waals surface area (Å²) in [5, 5.41) is 4.10. The zero-order chi connectivity index (χ0) is 13.3. The van der Waals surface area contributed by atoms with Crippen molar-refractivity contribution in [3.8, 4) is 0 Å². The van der Waals surface area contributed by atoms with Crippen molar-refractivity contribution in [2.45, 2.75) is 6.54 Å². The van der Waals surface area contributed by atoms with E-state index < -0.39 is 11.4 Å². The van der Waals surface area contributed by atoms with Crippen molar-refractivity contribution >= 4 is 34.8 Å². The maximum absolute atomic E-state index is 13.1. The molecule has 0 spiro atoms. The Morgan fingerprint density at radius 1 is 1.22 bits per heavy atom. The Kier molecular flexibility index (Phi) is 3.90. The molecule has 1 aromatic heterocycles. The number of halogens is 4. The van der Waals surface area contributed by atoms with Gasteiger partial charge in [0.25, 0.3) is 5.56 Å². The molecule has 7 heteroatoms. The molecule has 1 aromatic carbocycles. The van der Waals surface area contributed by atoms with E-state index in [1.165, 1.54) is 24.4 Å². The lowest BCUT2D eigenvalue weighted by atomic mass is 10.2. The number of hydrogen-bond donors (Lipinski definition) is 0. The molecule has 0 aliphatic heterocycles. The molecule has 94 valence electrons. The molecule has 0 bridgehead atoms. The Morgan fingerprint density at radius 3 is 2.67 bits per heavy atom. The highest BCUT2D eigenvalue weighted by atomic mass is 35.5. The summed E-state index contributed by atoms with van der Waals surface area (Å²) in [4.78, 5) is 11.7. The van der Waals surface area contributed by atoms with Crippen molar-refractivity contribution in [1.29, 1.82) is 0 Å². The molecule has 0 aliphatic rings. The van der Waals surface area contributed by atoms with Crippen LogP contribution in [-0.4, -0.2) is 9.78 Å². The normalized spacial score (nSPS) is 10.7. The van der Waals surface area contributed by atoms with E-state index in [0.29, 0.717) is 10.6 Å². The van der Waals surface area contributed by atoms with E-state index in [1.54, 1.807) is 0 Å². The third-order valence-electron chi connectivity index (χ3n) is 2.27. The maximum Gasteiger partial charge on any atom is 0.287 e. The lowest BCUT2D eigenvalue weighted by molar-refractivity contribution is 0.611. The molecule has 0 saturated carbocycles. The quantitative estimate of drug-likeness (QED) is 0.852. The van der Waals surface area contributed by atoms with Crippen LogP contribution in [0, 0.1) is 5.82 Å². The van der Waals surface area contributed by atoms with Crippen molar-refractivity contribution in [2.24, 2.45) is 0 Å². The van der Waals surface area contributed by atoms with Gasteiger partial charge in [-0.1, -0.05) is 34.8 Å². The molecule has 18 heavy (non-hydrogen) atoms. The Hall–Kier alpha value is -1.10. The lowest BCUT2D eigenvalue weighted by Crippen LogP contribution is -2.23. The summed E-state index contributed by atoms with van der Waals surface area (Å²) in [5.41, 5.74) is -0.117. The first-order valence-electron chi connectivity index (χ1n) is 4.84. The molecule has 2 aromatic rings. The van der Waals surface area contributed by atoms with Crippen molar-refractivity contribution in [3.63, 3.8) is 0 Å². The predicted molar refractivity (Wildman–Crippen MR) is 69.0 cm³/mol. The summed E-state index contributed by atoms with van der Waals surface area (Å²) >= 11 is 17.3. The van der Waals surface area contributed by atoms with Crippen LogP contribution in [0.25, 0.3) is 0 Å². The maximum atomic E-state index is 13.1. The average molecular weight is 308 g/mol. The smallest absolute Gasteiger partial charge is 0.266 e. The van der Waals surface area contributed by atoms with Crippen LogP contribution in [-0.2, 0) is 6.54 Å². The van der Waals surface area contributed by atoms with E-state index in [4.69, 9.17) is 34.8 Å². The van der Waals surface area contributed by atoms with Gasteiger partial charge in [-0.2, -0.15) is 5.10 Å². The molecule has 0 saturated heterocycles. The van der Waals surface area contributed by atoms with Gasteiger partial charge in [-0.15, -0.1) is 0 Å². The van der Waals surface area contributed by atoms with Crippen molar-refractivity contribution in [3.05, 3.63) is 61.2 Å². The lowest BCUT2D eigenvalue weighted by Gasteiger charge is -2.07. The summed E-state index contributed by atoms with van der Waals surface area (Å²) in [5.74, 6) is -0.442. The SMILES string of the molecule is O=c1c(Cl)c(Cl)cnn1Cc1cc(F)ccc1Cl. The molecule has 1 heterocycles. The van der Waals surface area contributed by atoms with E-state index in [1.807, 2.05) is 0 Å². The first-order chi connectivity index (χ1) is 8.49. The van der Waals surface area contributed by atoms with E-state index in [-0.39, 0.29) is 16.6 Å². The van der Waals surface area contributed by atoms with Crippen molar-refractivity contribution < 1.29 is 4.39 Å². The van der Waals surface area contributed by atoms with Gasteiger partial charge < -0.3 is 0 Å².